The van der Waals surface area contributed by atoms with Crippen LogP contribution in [-0.4, -0.2) is 14.9 Å². The van der Waals surface area contributed by atoms with Gasteiger partial charge in [0.05, 0.1) is 6.54 Å². The van der Waals surface area contributed by atoms with Gasteiger partial charge in [-0.3, -0.25) is 4.68 Å². The highest BCUT2D eigenvalue weighted by Crippen LogP contribution is 2.20. The largest absolute Gasteiger partial charge is 0.332 e. The molecule has 134 valence electrons. The summed E-state index contributed by atoms with van der Waals surface area (Å²) in [5, 5.41) is 11.3. The van der Waals surface area contributed by atoms with Crippen molar-refractivity contribution in [3.63, 3.8) is 0 Å². The van der Waals surface area contributed by atoms with Crippen molar-refractivity contribution >= 4 is 28.7 Å². The van der Waals surface area contributed by atoms with Crippen LogP contribution in [0.5, 0.6) is 0 Å². The first-order valence-corrected chi connectivity index (χ1v) is 9.29. The van der Waals surface area contributed by atoms with E-state index >= 15 is 0 Å². The average Bonchev–Trinajstić information content (AvgIpc) is 3.15. The number of anilines is 2. The first-order chi connectivity index (χ1) is 12.6. The predicted molar refractivity (Wildman–Crippen MR) is 113 cm³/mol. The number of rotatable bonds is 6. The quantitative estimate of drug-likeness (QED) is 0.586. The Kier molecular flexibility index (Phi) is 6.02. The van der Waals surface area contributed by atoms with Gasteiger partial charge in [-0.1, -0.05) is 38.1 Å². The standard InChI is InChI=1S/C21H24N4S/c1-3-16(2)18-8-10-19(11-9-18)23-21(26)24-20-7-4-6-17(14-20)15-25-13-5-12-22-25/h4-14,16H,3,15H2,1-2H3,(H2,23,24,26)/t16-/m0/s1. The Hall–Kier alpha value is -2.66. The number of hydrogen-bond donors (Lipinski definition) is 2. The van der Waals surface area contributed by atoms with E-state index in [4.69, 9.17) is 12.2 Å². The molecule has 26 heavy (non-hydrogen) atoms. The van der Waals surface area contributed by atoms with Crippen molar-refractivity contribution in [2.24, 2.45) is 0 Å². The van der Waals surface area contributed by atoms with Crippen LogP contribution in [-0.2, 0) is 6.54 Å². The van der Waals surface area contributed by atoms with Crippen LogP contribution in [0.2, 0.25) is 0 Å². The lowest BCUT2D eigenvalue weighted by Crippen LogP contribution is -2.19. The zero-order valence-corrected chi connectivity index (χ0v) is 16.0. The summed E-state index contributed by atoms with van der Waals surface area (Å²) in [6.45, 7) is 5.18. The highest BCUT2D eigenvalue weighted by atomic mass is 32.1. The van der Waals surface area contributed by atoms with E-state index in [1.807, 2.05) is 29.1 Å². The zero-order chi connectivity index (χ0) is 18.4. The van der Waals surface area contributed by atoms with Crippen LogP contribution >= 0.6 is 12.2 Å². The number of thiocarbonyl (C=S) groups is 1. The second-order valence-corrected chi connectivity index (χ2v) is 6.82. The molecule has 5 heteroatoms. The van der Waals surface area contributed by atoms with E-state index in [2.05, 4.69) is 66.0 Å². The first-order valence-electron chi connectivity index (χ1n) is 8.88. The summed E-state index contributed by atoms with van der Waals surface area (Å²) in [5.41, 5.74) is 4.47. The molecule has 3 aromatic rings. The monoisotopic (exact) mass is 364 g/mol. The van der Waals surface area contributed by atoms with E-state index in [-0.39, 0.29) is 0 Å². The molecule has 4 nitrogen and oxygen atoms in total. The highest BCUT2D eigenvalue weighted by molar-refractivity contribution is 7.80. The van der Waals surface area contributed by atoms with Crippen molar-refractivity contribution in [3.8, 4) is 0 Å². The molecule has 0 spiro atoms. The number of nitrogens with one attached hydrogen (secondary N) is 2. The van der Waals surface area contributed by atoms with Crippen LogP contribution in [0.4, 0.5) is 11.4 Å². The smallest absolute Gasteiger partial charge is 0.175 e. The molecule has 0 aliphatic carbocycles. The third-order valence-electron chi connectivity index (χ3n) is 4.44. The summed E-state index contributed by atoms with van der Waals surface area (Å²) in [7, 11) is 0. The zero-order valence-electron chi connectivity index (χ0n) is 15.1. The minimum Gasteiger partial charge on any atom is -0.332 e. The molecule has 0 bridgehead atoms. The lowest BCUT2D eigenvalue weighted by atomic mass is 9.99. The summed E-state index contributed by atoms with van der Waals surface area (Å²) >= 11 is 5.44. The lowest BCUT2D eigenvalue weighted by Gasteiger charge is -2.13. The summed E-state index contributed by atoms with van der Waals surface area (Å²) in [6.07, 6.45) is 4.88. The van der Waals surface area contributed by atoms with E-state index < -0.39 is 0 Å². The molecule has 1 atom stereocenters. The molecule has 1 heterocycles. The van der Waals surface area contributed by atoms with Gasteiger partial charge in [-0.2, -0.15) is 5.10 Å². The van der Waals surface area contributed by atoms with Crippen LogP contribution < -0.4 is 10.6 Å². The summed E-state index contributed by atoms with van der Waals surface area (Å²) in [6, 6.07) is 18.6. The average molecular weight is 365 g/mol. The fourth-order valence-corrected chi connectivity index (χ4v) is 2.99. The van der Waals surface area contributed by atoms with Crippen molar-refractivity contribution in [2.75, 3.05) is 10.6 Å². The molecule has 0 fully saturated rings. The van der Waals surface area contributed by atoms with Crippen molar-refractivity contribution in [2.45, 2.75) is 32.7 Å². The van der Waals surface area contributed by atoms with Gasteiger partial charge < -0.3 is 10.6 Å². The van der Waals surface area contributed by atoms with Gasteiger partial charge in [0, 0.05) is 23.8 Å². The topological polar surface area (TPSA) is 41.9 Å². The molecule has 0 aliphatic heterocycles. The number of nitrogens with zero attached hydrogens (tertiary/aromatic N) is 2. The Labute approximate surface area is 160 Å². The molecule has 0 aliphatic rings. The van der Waals surface area contributed by atoms with Crippen LogP contribution in [0, 0.1) is 0 Å². The van der Waals surface area contributed by atoms with Gasteiger partial charge in [0.1, 0.15) is 0 Å². The van der Waals surface area contributed by atoms with Gasteiger partial charge in [-0.05, 0) is 66.0 Å². The summed E-state index contributed by atoms with van der Waals surface area (Å²) in [5.74, 6) is 0.576. The molecule has 3 rings (SSSR count). The van der Waals surface area contributed by atoms with Gasteiger partial charge in [-0.15, -0.1) is 0 Å². The van der Waals surface area contributed by atoms with E-state index in [0.29, 0.717) is 11.0 Å². The number of hydrogen-bond acceptors (Lipinski definition) is 2. The van der Waals surface area contributed by atoms with Gasteiger partial charge >= 0.3 is 0 Å². The Morgan fingerprint density at radius 2 is 1.85 bits per heavy atom. The van der Waals surface area contributed by atoms with Gasteiger partial charge in [0.2, 0.25) is 0 Å². The van der Waals surface area contributed by atoms with Crippen LogP contribution in [0.25, 0.3) is 0 Å². The van der Waals surface area contributed by atoms with E-state index in [9.17, 15) is 0 Å². The molecule has 0 unspecified atom stereocenters. The Morgan fingerprint density at radius 1 is 1.08 bits per heavy atom. The fraction of sp³-hybridized carbons (Fsp3) is 0.238. The Balaban J connectivity index is 1.59. The van der Waals surface area contributed by atoms with Crippen molar-refractivity contribution in [3.05, 3.63) is 78.1 Å². The minimum absolute atomic E-state index is 0.576. The molecule has 0 radical (unpaired) electrons. The first kappa shape index (κ1) is 18.1. The summed E-state index contributed by atoms with van der Waals surface area (Å²) < 4.78 is 1.90. The van der Waals surface area contributed by atoms with Crippen molar-refractivity contribution in [1.82, 2.24) is 9.78 Å². The maximum atomic E-state index is 5.44. The second-order valence-electron chi connectivity index (χ2n) is 6.41. The third-order valence-corrected chi connectivity index (χ3v) is 4.64. The molecular formula is C21H24N4S. The predicted octanol–water partition coefficient (Wildman–Crippen LogP) is 5.25. The highest BCUT2D eigenvalue weighted by Gasteiger charge is 2.04. The van der Waals surface area contributed by atoms with E-state index in [1.54, 1.807) is 6.20 Å². The molecule has 0 saturated carbocycles. The van der Waals surface area contributed by atoms with Gasteiger partial charge in [0.25, 0.3) is 0 Å². The maximum Gasteiger partial charge on any atom is 0.175 e. The molecule has 0 amide bonds. The van der Waals surface area contributed by atoms with Crippen molar-refractivity contribution < 1.29 is 0 Å². The van der Waals surface area contributed by atoms with Crippen LogP contribution in [0.15, 0.2) is 67.0 Å². The van der Waals surface area contributed by atoms with E-state index in [1.165, 1.54) is 11.1 Å². The molecule has 2 N–H and O–H groups in total. The summed E-state index contributed by atoms with van der Waals surface area (Å²) in [4.78, 5) is 0. The van der Waals surface area contributed by atoms with E-state index in [0.717, 1.165) is 24.3 Å². The molecule has 0 saturated heterocycles. The Morgan fingerprint density at radius 3 is 2.54 bits per heavy atom. The third kappa shape index (κ3) is 4.92. The molecule has 2 aromatic carbocycles. The molecule has 1 aromatic heterocycles. The number of aromatic nitrogens is 2. The fourth-order valence-electron chi connectivity index (χ4n) is 2.75. The number of benzene rings is 2. The second kappa shape index (κ2) is 8.63. The normalized spacial score (nSPS) is 11.8. The van der Waals surface area contributed by atoms with Crippen molar-refractivity contribution in [1.29, 1.82) is 0 Å². The van der Waals surface area contributed by atoms with Crippen LogP contribution in [0.3, 0.4) is 0 Å². The molecular weight excluding hydrogens is 340 g/mol. The van der Waals surface area contributed by atoms with Crippen LogP contribution in [0.1, 0.15) is 37.3 Å². The SMILES string of the molecule is CC[C@H](C)c1ccc(NC(=S)Nc2cccc(Cn3cccn3)c2)cc1. The Bertz CT molecular complexity index is 841. The maximum absolute atomic E-state index is 5.44. The van der Waals surface area contributed by atoms with Gasteiger partial charge in [-0.25, -0.2) is 0 Å². The van der Waals surface area contributed by atoms with Gasteiger partial charge in [0.15, 0.2) is 5.11 Å². The minimum atomic E-state index is 0.576. The lowest BCUT2D eigenvalue weighted by molar-refractivity contribution is 0.687.